The third kappa shape index (κ3) is 7.01. The van der Waals surface area contributed by atoms with E-state index < -0.39 is 0 Å². The smallest absolute Gasteiger partial charge is 0.251 e. The Morgan fingerprint density at radius 3 is 2.37 bits per heavy atom. The van der Waals surface area contributed by atoms with Gasteiger partial charge in [-0.05, 0) is 30.7 Å². The second kappa shape index (κ2) is 11.8. The van der Waals surface area contributed by atoms with E-state index in [0.717, 1.165) is 38.2 Å². The molecular weight excluding hydrogens is 368 g/mol. The van der Waals surface area contributed by atoms with Gasteiger partial charge >= 0.3 is 0 Å². The van der Waals surface area contributed by atoms with Gasteiger partial charge in [0, 0.05) is 44.8 Å². The summed E-state index contributed by atoms with van der Waals surface area (Å²) in [5.41, 5.74) is 6.54. The number of carbonyl (C=O) groups is 2. The summed E-state index contributed by atoms with van der Waals surface area (Å²) in [6.45, 7) is 6.39. The van der Waals surface area contributed by atoms with Crippen molar-refractivity contribution < 1.29 is 14.3 Å². The molecule has 1 aliphatic heterocycles. The van der Waals surface area contributed by atoms with E-state index >= 15 is 0 Å². The summed E-state index contributed by atoms with van der Waals surface area (Å²) < 4.78 is 5.09. The van der Waals surface area contributed by atoms with Crippen molar-refractivity contribution in [2.75, 3.05) is 46.4 Å². The normalized spacial score (nSPS) is 15.6. The van der Waals surface area contributed by atoms with Crippen molar-refractivity contribution in [3.05, 3.63) is 29.8 Å². The molecule has 27 heavy (non-hydrogen) atoms. The van der Waals surface area contributed by atoms with E-state index in [9.17, 15) is 9.59 Å². The summed E-state index contributed by atoms with van der Waals surface area (Å²) in [5.74, 6) is 0.693. The van der Waals surface area contributed by atoms with Gasteiger partial charge in [0.2, 0.25) is 5.91 Å². The number of amides is 2. The number of piperazine rings is 1. The molecule has 152 valence electrons. The maximum absolute atomic E-state index is 12.2. The molecule has 0 aromatic heterocycles. The second-order valence-electron chi connectivity index (χ2n) is 6.55. The first-order valence-electron chi connectivity index (χ1n) is 9.24. The molecule has 1 saturated heterocycles. The van der Waals surface area contributed by atoms with Crippen LogP contribution in [0.5, 0.6) is 5.75 Å². The first kappa shape index (κ1) is 23.2. The maximum Gasteiger partial charge on any atom is 0.251 e. The van der Waals surface area contributed by atoms with Gasteiger partial charge < -0.3 is 20.7 Å². The number of methoxy groups -OCH3 is 1. The highest BCUT2D eigenvalue weighted by Gasteiger charge is 2.24. The van der Waals surface area contributed by atoms with Gasteiger partial charge in [0.1, 0.15) is 5.75 Å². The van der Waals surface area contributed by atoms with Crippen LogP contribution in [-0.4, -0.2) is 74.0 Å². The Morgan fingerprint density at radius 1 is 1.19 bits per heavy atom. The Morgan fingerprint density at radius 2 is 1.81 bits per heavy atom. The minimum Gasteiger partial charge on any atom is -0.497 e. The number of hydrogen-bond acceptors (Lipinski definition) is 5. The van der Waals surface area contributed by atoms with Crippen molar-refractivity contribution in [1.82, 2.24) is 15.1 Å². The highest BCUT2D eigenvalue weighted by molar-refractivity contribution is 5.94. The minimum atomic E-state index is -0.379. The molecule has 8 heteroatoms. The molecule has 0 spiro atoms. The average Bonchev–Trinajstić information content (AvgIpc) is 2.68. The van der Waals surface area contributed by atoms with E-state index in [1.807, 2.05) is 11.8 Å². The van der Waals surface area contributed by atoms with E-state index in [4.69, 9.17) is 10.5 Å². The van der Waals surface area contributed by atoms with E-state index in [-0.39, 0.29) is 30.3 Å². The van der Waals surface area contributed by atoms with Crippen molar-refractivity contribution in [1.29, 1.82) is 0 Å². The van der Waals surface area contributed by atoms with E-state index in [2.05, 4.69) is 10.2 Å². The van der Waals surface area contributed by atoms with E-state index in [1.165, 1.54) is 0 Å². The fraction of sp³-hybridized carbons (Fsp3) is 0.579. The van der Waals surface area contributed by atoms with Gasteiger partial charge in [-0.15, -0.1) is 12.4 Å². The van der Waals surface area contributed by atoms with Crippen molar-refractivity contribution in [3.8, 4) is 5.75 Å². The number of rotatable bonds is 8. The van der Waals surface area contributed by atoms with Gasteiger partial charge in [0.25, 0.3) is 5.91 Å². The number of carbonyl (C=O) groups excluding carboxylic acids is 2. The van der Waals surface area contributed by atoms with Crippen molar-refractivity contribution in [2.24, 2.45) is 5.73 Å². The predicted molar refractivity (Wildman–Crippen MR) is 108 cm³/mol. The van der Waals surface area contributed by atoms with Crippen LogP contribution in [0.2, 0.25) is 0 Å². The minimum absolute atomic E-state index is 0. The standard InChI is InChI=1S/C19H30N4O3.ClH/c1-3-4-17(20)19(25)23-13-11-22(12-14-23)10-9-21-18(24)15-5-7-16(26-2)8-6-15;/h5-8,17H,3-4,9-14,20H2,1-2H3,(H,21,24);1H. The number of benzene rings is 1. The van der Waals surface area contributed by atoms with Crippen LogP contribution in [0.15, 0.2) is 24.3 Å². The van der Waals surface area contributed by atoms with Gasteiger partial charge in [-0.1, -0.05) is 13.3 Å². The summed E-state index contributed by atoms with van der Waals surface area (Å²) >= 11 is 0. The molecule has 1 heterocycles. The van der Waals surface area contributed by atoms with Crippen LogP contribution < -0.4 is 15.8 Å². The lowest BCUT2D eigenvalue weighted by Crippen LogP contribution is -2.54. The molecule has 3 N–H and O–H groups in total. The number of nitrogens with one attached hydrogen (secondary N) is 1. The number of hydrogen-bond donors (Lipinski definition) is 2. The molecule has 1 aliphatic rings. The molecule has 7 nitrogen and oxygen atoms in total. The first-order valence-corrected chi connectivity index (χ1v) is 9.24. The molecule has 2 amide bonds. The number of nitrogens with two attached hydrogens (primary N) is 1. The van der Waals surface area contributed by atoms with Crippen LogP contribution in [0.4, 0.5) is 0 Å². The fourth-order valence-corrected chi connectivity index (χ4v) is 3.03. The molecule has 2 rings (SSSR count). The molecule has 0 saturated carbocycles. The van der Waals surface area contributed by atoms with Crippen LogP contribution in [0, 0.1) is 0 Å². The van der Waals surface area contributed by atoms with Crippen LogP contribution in [-0.2, 0) is 4.79 Å². The molecule has 1 unspecified atom stereocenters. The summed E-state index contributed by atoms with van der Waals surface area (Å²) in [4.78, 5) is 28.5. The maximum atomic E-state index is 12.2. The second-order valence-corrected chi connectivity index (χ2v) is 6.55. The largest absolute Gasteiger partial charge is 0.497 e. The SMILES string of the molecule is CCCC(N)C(=O)N1CCN(CCNC(=O)c2ccc(OC)cc2)CC1.Cl. The van der Waals surface area contributed by atoms with Crippen molar-refractivity contribution in [3.63, 3.8) is 0 Å². The molecule has 1 atom stereocenters. The lowest BCUT2D eigenvalue weighted by Gasteiger charge is -2.35. The first-order chi connectivity index (χ1) is 12.5. The highest BCUT2D eigenvalue weighted by atomic mass is 35.5. The topological polar surface area (TPSA) is 87.9 Å². The molecule has 1 aromatic rings. The van der Waals surface area contributed by atoms with Gasteiger partial charge in [0.15, 0.2) is 0 Å². The number of nitrogens with zero attached hydrogens (tertiary/aromatic N) is 2. The molecule has 0 bridgehead atoms. The zero-order chi connectivity index (χ0) is 18.9. The lowest BCUT2D eigenvalue weighted by atomic mass is 10.1. The van der Waals surface area contributed by atoms with Gasteiger partial charge in [-0.2, -0.15) is 0 Å². The Balaban J connectivity index is 0.00000364. The third-order valence-corrected chi connectivity index (χ3v) is 4.67. The Hall–Kier alpha value is -1.83. The van der Waals surface area contributed by atoms with Gasteiger partial charge in [-0.25, -0.2) is 0 Å². The lowest BCUT2D eigenvalue weighted by molar-refractivity contribution is -0.134. The monoisotopic (exact) mass is 398 g/mol. The molecule has 0 radical (unpaired) electrons. The zero-order valence-electron chi connectivity index (χ0n) is 16.1. The van der Waals surface area contributed by atoms with E-state index in [1.54, 1.807) is 31.4 Å². The average molecular weight is 399 g/mol. The van der Waals surface area contributed by atoms with Crippen molar-refractivity contribution in [2.45, 2.75) is 25.8 Å². The summed E-state index contributed by atoms with van der Waals surface area (Å²) in [5, 5.41) is 2.93. The van der Waals surface area contributed by atoms with Crippen LogP contribution in [0.25, 0.3) is 0 Å². The van der Waals surface area contributed by atoms with Crippen LogP contribution in [0.1, 0.15) is 30.1 Å². The molecule has 1 aromatic carbocycles. The van der Waals surface area contributed by atoms with Crippen LogP contribution >= 0.6 is 12.4 Å². The number of halogens is 1. The fourth-order valence-electron chi connectivity index (χ4n) is 3.03. The zero-order valence-corrected chi connectivity index (χ0v) is 17.0. The Kier molecular flexibility index (Phi) is 10.1. The predicted octanol–water partition coefficient (Wildman–Crippen LogP) is 1.12. The summed E-state index contributed by atoms with van der Waals surface area (Å²) in [7, 11) is 1.60. The van der Waals surface area contributed by atoms with Gasteiger partial charge in [0.05, 0.1) is 13.2 Å². The molecule has 1 fully saturated rings. The summed E-state index contributed by atoms with van der Waals surface area (Å²) in [6, 6.07) is 6.66. The van der Waals surface area contributed by atoms with Crippen molar-refractivity contribution >= 4 is 24.2 Å². The van der Waals surface area contributed by atoms with Gasteiger partial charge in [-0.3, -0.25) is 14.5 Å². The Bertz CT molecular complexity index is 589. The Labute approximate surface area is 167 Å². The van der Waals surface area contributed by atoms with Crippen LogP contribution in [0.3, 0.4) is 0 Å². The third-order valence-electron chi connectivity index (χ3n) is 4.67. The molecule has 0 aliphatic carbocycles. The van der Waals surface area contributed by atoms with E-state index in [0.29, 0.717) is 25.2 Å². The molecular formula is C19H31ClN4O3. The summed E-state index contributed by atoms with van der Waals surface area (Å²) in [6.07, 6.45) is 1.65. The highest BCUT2D eigenvalue weighted by Crippen LogP contribution is 2.11. The quantitative estimate of drug-likeness (QED) is 0.685. The number of ether oxygens (including phenoxy) is 1.